The number of hydrogen-bond acceptors (Lipinski definition) is 3. The van der Waals surface area contributed by atoms with Crippen LogP contribution in [0.1, 0.15) is 51.8 Å². The van der Waals surface area contributed by atoms with E-state index in [1.165, 1.54) is 6.92 Å². The van der Waals surface area contributed by atoms with Crippen LogP contribution in [-0.2, 0) is 15.0 Å². The van der Waals surface area contributed by atoms with Gasteiger partial charge in [0.05, 0.1) is 6.07 Å². The Labute approximate surface area is 131 Å². The molecule has 0 heterocycles. The largest absolute Gasteiger partial charge is 0.345 e. The molecule has 0 aliphatic carbocycles. The normalized spacial score (nSPS) is 13.6. The van der Waals surface area contributed by atoms with Crippen molar-refractivity contribution >= 4 is 11.8 Å². The topological polar surface area (TPSA) is 82.0 Å². The second-order valence-electron chi connectivity index (χ2n) is 6.36. The van der Waals surface area contributed by atoms with Crippen LogP contribution >= 0.6 is 0 Å². The van der Waals surface area contributed by atoms with Crippen LogP contribution in [0.15, 0.2) is 24.3 Å². The Morgan fingerprint density at radius 1 is 1.14 bits per heavy atom. The lowest BCUT2D eigenvalue weighted by molar-refractivity contribution is -0.127. The van der Waals surface area contributed by atoms with E-state index in [1.807, 2.05) is 24.3 Å². The Bertz CT molecular complexity index is 579. The fourth-order valence-corrected chi connectivity index (χ4v) is 2.00. The Balaban J connectivity index is 2.83. The van der Waals surface area contributed by atoms with E-state index in [0.717, 1.165) is 11.1 Å². The third kappa shape index (κ3) is 4.88. The molecule has 0 aromatic heterocycles. The molecule has 1 aromatic carbocycles. The van der Waals surface area contributed by atoms with Gasteiger partial charge in [0.15, 0.2) is 0 Å². The molecule has 0 spiro atoms. The molecular weight excluding hydrogens is 278 g/mol. The molecule has 2 unspecified atom stereocenters. The fraction of sp³-hybridized carbons (Fsp3) is 0.471. The van der Waals surface area contributed by atoms with Crippen LogP contribution in [0, 0.1) is 11.3 Å². The Morgan fingerprint density at radius 3 is 2.09 bits per heavy atom. The lowest BCUT2D eigenvalue weighted by Gasteiger charge is -2.20. The predicted octanol–water partition coefficient (Wildman–Crippen LogP) is 2.19. The van der Waals surface area contributed by atoms with E-state index in [1.54, 1.807) is 6.92 Å². The third-order valence-electron chi connectivity index (χ3n) is 3.34. The van der Waals surface area contributed by atoms with Crippen LogP contribution in [-0.4, -0.2) is 17.9 Å². The summed E-state index contributed by atoms with van der Waals surface area (Å²) in [6.45, 7) is 9.26. The van der Waals surface area contributed by atoms with Gasteiger partial charge in [-0.25, -0.2) is 0 Å². The molecule has 1 rings (SSSR count). The first kappa shape index (κ1) is 17.7. The van der Waals surface area contributed by atoms with E-state index in [4.69, 9.17) is 0 Å². The summed E-state index contributed by atoms with van der Waals surface area (Å²) in [4.78, 5) is 22.9. The highest BCUT2D eigenvalue weighted by atomic mass is 16.2. The van der Waals surface area contributed by atoms with Gasteiger partial charge in [-0.3, -0.25) is 9.59 Å². The average molecular weight is 301 g/mol. The molecule has 2 N–H and O–H groups in total. The average Bonchev–Trinajstić information content (AvgIpc) is 2.43. The fourth-order valence-electron chi connectivity index (χ4n) is 2.00. The highest BCUT2D eigenvalue weighted by Crippen LogP contribution is 2.23. The maximum Gasteiger partial charge on any atom is 0.243 e. The summed E-state index contributed by atoms with van der Waals surface area (Å²) < 4.78 is 0. The van der Waals surface area contributed by atoms with Crippen molar-refractivity contribution < 1.29 is 9.59 Å². The number of nitrogens with zero attached hydrogens (tertiary/aromatic N) is 1. The summed E-state index contributed by atoms with van der Waals surface area (Å²) in [6.07, 6.45) is 0. The van der Waals surface area contributed by atoms with E-state index in [-0.39, 0.29) is 17.2 Å². The first-order chi connectivity index (χ1) is 10.1. The van der Waals surface area contributed by atoms with Gasteiger partial charge in [0.1, 0.15) is 12.1 Å². The highest BCUT2D eigenvalue weighted by molar-refractivity contribution is 5.86. The molecule has 0 aliphatic rings. The monoisotopic (exact) mass is 301 g/mol. The lowest BCUT2D eigenvalue weighted by Crippen LogP contribution is -2.45. The minimum atomic E-state index is -0.738. The smallest absolute Gasteiger partial charge is 0.243 e. The lowest BCUT2D eigenvalue weighted by atomic mass is 9.86. The number of carbonyl (C=O) groups is 2. The molecular formula is C17H23N3O2. The molecule has 118 valence electrons. The standard InChI is InChI=1S/C17H23N3O2/c1-11(19-12(2)21)16(22)20-15(10-18)13-6-8-14(9-7-13)17(3,4)5/h6-9,11,15H,1-5H3,(H,19,21)(H,20,22). The second kappa shape index (κ2) is 7.08. The van der Waals surface area contributed by atoms with E-state index in [9.17, 15) is 14.9 Å². The van der Waals surface area contributed by atoms with Crippen LogP contribution in [0.5, 0.6) is 0 Å². The molecule has 2 atom stereocenters. The van der Waals surface area contributed by atoms with Gasteiger partial charge >= 0.3 is 0 Å². The number of carbonyl (C=O) groups excluding carboxylic acids is 2. The van der Waals surface area contributed by atoms with E-state index < -0.39 is 12.1 Å². The molecule has 5 nitrogen and oxygen atoms in total. The number of hydrogen-bond donors (Lipinski definition) is 2. The quantitative estimate of drug-likeness (QED) is 0.894. The summed E-state index contributed by atoms with van der Waals surface area (Å²) in [6, 6.07) is 8.27. The number of benzene rings is 1. The minimum absolute atomic E-state index is 0.0316. The van der Waals surface area contributed by atoms with Gasteiger partial charge < -0.3 is 10.6 Å². The summed E-state index contributed by atoms with van der Waals surface area (Å²) in [5, 5.41) is 14.4. The van der Waals surface area contributed by atoms with Crippen molar-refractivity contribution in [1.82, 2.24) is 10.6 Å². The molecule has 0 aliphatic heterocycles. The van der Waals surface area contributed by atoms with Gasteiger partial charge in [0, 0.05) is 6.92 Å². The van der Waals surface area contributed by atoms with Gasteiger partial charge in [-0.15, -0.1) is 0 Å². The van der Waals surface area contributed by atoms with Crippen molar-refractivity contribution in [3.05, 3.63) is 35.4 Å². The molecule has 5 heteroatoms. The van der Waals surface area contributed by atoms with Crippen molar-refractivity contribution in [1.29, 1.82) is 5.26 Å². The van der Waals surface area contributed by atoms with Crippen LogP contribution in [0.3, 0.4) is 0 Å². The maximum atomic E-state index is 12.0. The van der Waals surface area contributed by atoms with Crippen molar-refractivity contribution in [3.63, 3.8) is 0 Å². The van der Waals surface area contributed by atoms with Gasteiger partial charge in [-0.2, -0.15) is 5.26 Å². The Hall–Kier alpha value is -2.35. The Morgan fingerprint density at radius 2 is 1.68 bits per heavy atom. The van der Waals surface area contributed by atoms with Crippen LogP contribution in [0.4, 0.5) is 0 Å². The molecule has 0 bridgehead atoms. The number of rotatable bonds is 4. The summed E-state index contributed by atoms with van der Waals surface area (Å²) in [5.41, 5.74) is 1.91. The first-order valence-corrected chi connectivity index (χ1v) is 7.22. The molecule has 22 heavy (non-hydrogen) atoms. The van der Waals surface area contributed by atoms with Gasteiger partial charge in [0.25, 0.3) is 0 Å². The van der Waals surface area contributed by atoms with Crippen molar-refractivity contribution in [3.8, 4) is 6.07 Å². The third-order valence-corrected chi connectivity index (χ3v) is 3.34. The molecule has 1 aromatic rings. The van der Waals surface area contributed by atoms with E-state index in [0.29, 0.717) is 0 Å². The summed E-state index contributed by atoms with van der Waals surface area (Å²) >= 11 is 0. The predicted molar refractivity (Wildman–Crippen MR) is 84.9 cm³/mol. The minimum Gasteiger partial charge on any atom is -0.345 e. The zero-order valence-electron chi connectivity index (χ0n) is 13.7. The maximum absolute atomic E-state index is 12.0. The number of amides is 2. The number of nitrogens with one attached hydrogen (secondary N) is 2. The highest BCUT2D eigenvalue weighted by Gasteiger charge is 2.20. The second-order valence-corrected chi connectivity index (χ2v) is 6.36. The summed E-state index contributed by atoms with van der Waals surface area (Å²) in [5.74, 6) is -0.674. The van der Waals surface area contributed by atoms with Gasteiger partial charge in [-0.05, 0) is 23.5 Å². The molecule has 2 amide bonds. The zero-order chi connectivity index (χ0) is 16.9. The first-order valence-electron chi connectivity index (χ1n) is 7.22. The van der Waals surface area contributed by atoms with Crippen LogP contribution in [0.25, 0.3) is 0 Å². The molecule has 0 saturated heterocycles. The van der Waals surface area contributed by atoms with Crippen molar-refractivity contribution in [2.24, 2.45) is 0 Å². The van der Waals surface area contributed by atoms with E-state index in [2.05, 4.69) is 37.5 Å². The van der Waals surface area contributed by atoms with E-state index >= 15 is 0 Å². The molecule has 0 radical (unpaired) electrons. The van der Waals surface area contributed by atoms with Crippen LogP contribution in [0.2, 0.25) is 0 Å². The van der Waals surface area contributed by atoms with Gasteiger partial charge in [0.2, 0.25) is 11.8 Å². The van der Waals surface area contributed by atoms with Crippen molar-refractivity contribution in [2.45, 2.75) is 52.1 Å². The zero-order valence-corrected chi connectivity index (χ0v) is 13.7. The summed E-state index contributed by atoms with van der Waals surface area (Å²) in [7, 11) is 0. The molecule has 0 saturated carbocycles. The van der Waals surface area contributed by atoms with Crippen LogP contribution < -0.4 is 10.6 Å². The van der Waals surface area contributed by atoms with Gasteiger partial charge in [-0.1, -0.05) is 45.0 Å². The number of nitriles is 1. The van der Waals surface area contributed by atoms with Crippen molar-refractivity contribution in [2.75, 3.05) is 0 Å². The SMILES string of the molecule is CC(=O)NC(C)C(=O)NC(C#N)c1ccc(C(C)(C)C)cc1. The molecule has 0 fully saturated rings. The Kier molecular flexibility index (Phi) is 5.69.